The number of anilines is 1. The number of carbonyl (C=O) groups excluding carboxylic acids is 1. The Kier molecular flexibility index (Phi) is 4.42. The lowest BCUT2D eigenvalue weighted by atomic mass is 10.2. The summed E-state index contributed by atoms with van der Waals surface area (Å²) in [6.07, 6.45) is 0.0446. The Morgan fingerprint density at radius 3 is 2.47 bits per heavy atom. The van der Waals surface area contributed by atoms with Crippen LogP contribution >= 0.6 is 0 Å². The smallest absolute Gasteiger partial charge is 0.416 e. The summed E-state index contributed by atoms with van der Waals surface area (Å²) in [4.78, 5) is 27.2. The molecule has 6 nitrogen and oxygen atoms in total. The van der Waals surface area contributed by atoms with Gasteiger partial charge in [0.25, 0.3) is 0 Å². The minimum absolute atomic E-state index is 0.0121. The van der Waals surface area contributed by atoms with Crippen molar-refractivity contribution in [2.75, 3.05) is 11.4 Å². The molecule has 0 saturated heterocycles. The summed E-state index contributed by atoms with van der Waals surface area (Å²) in [7, 11) is 0. The number of halogens is 1. The number of rotatable bonds is 3. The van der Waals surface area contributed by atoms with Crippen LogP contribution in [0, 0.1) is 5.82 Å². The molecule has 1 amide bonds. The van der Waals surface area contributed by atoms with E-state index in [2.05, 4.69) is 4.98 Å². The van der Waals surface area contributed by atoms with Crippen molar-refractivity contribution in [2.45, 2.75) is 26.4 Å². The van der Waals surface area contributed by atoms with Gasteiger partial charge in [-0.3, -0.25) is 9.69 Å². The van der Waals surface area contributed by atoms with Crippen LogP contribution in [0.3, 0.4) is 0 Å². The Balaban J connectivity index is 2.97. The molecule has 0 saturated carbocycles. The van der Waals surface area contributed by atoms with E-state index in [0.717, 1.165) is 17.2 Å². The van der Waals surface area contributed by atoms with E-state index >= 15 is 0 Å². The van der Waals surface area contributed by atoms with Crippen molar-refractivity contribution in [2.24, 2.45) is 0 Å². The van der Waals surface area contributed by atoms with Gasteiger partial charge >= 0.3 is 12.1 Å². The second-order valence-electron chi connectivity index (χ2n) is 4.79. The fourth-order valence-corrected chi connectivity index (χ4v) is 1.22. The predicted molar refractivity (Wildman–Crippen MR) is 65.4 cm³/mol. The maximum atomic E-state index is 12.8. The maximum Gasteiger partial charge on any atom is 0.416 e. The second-order valence-corrected chi connectivity index (χ2v) is 4.79. The largest absolute Gasteiger partial charge is 0.480 e. The minimum Gasteiger partial charge on any atom is -0.480 e. The maximum absolute atomic E-state index is 12.8. The first-order valence-corrected chi connectivity index (χ1v) is 5.53. The van der Waals surface area contributed by atoms with Gasteiger partial charge in [0, 0.05) is 0 Å². The van der Waals surface area contributed by atoms with E-state index in [0.29, 0.717) is 0 Å². The van der Waals surface area contributed by atoms with Crippen LogP contribution in [0.2, 0.25) is 0 Å². The number of ether oxygens (including phenoxy) is 1. The molecular weight excluding hydrogens is 255 g/mol. The molecule has 1 N–H and O–H groups in total. The number of carboxylic acids is 1. The highest BCUT2D eigenvalue weighted by molar-refractivity contribution is 5.92. The normalized spacial score (nSPS) is 10.9. The third-order valence-electron chi connectivity index (χ3n) is 1.90. The fourth-order valence-electron chi connectivity index (χ4n) is 1.22. The lowest BCUT2D eigenvalue weighted by molar-refractivity contribution is -0.135. The van der Waals surface area contributed by atoms with Crippen molar-refractivity contribution in [3.63, 3.8) is 0 Å². The first kappa shape index (κ1) is 14.9. The van der Waals surface area contributed by atoms with Crippen LogP contribution < -0.4 is 4.90 Å². The summed E-state index contributed by atoms with van der Waals surface area (Å²) in [5.41, 5.74) is -0.770. The number of aliphatic carboxylic acids is 1. The Hall–Kier alpha value is -2.18. The summed E-state index contributed by atoms with van der Waals surface area (Å²) in [6.45, 7) is 4.35. The molecule has 1 aromatic heterocycles. The summed E-state index contributed by atoms with van der Waals surface area (Å²) in [6, 6.07) is 2.30. The molecule has 0 aliphatic heterocycles. The Morgan fingerprint density at radius 1 is 1.42 bits per heavy atom. The number of hydrogen-bond acceptors (Lipinski definition) is 4. The van der Waals surface area contributed by atoms with E-state index in [1.54, 1.807) is 20.8 Å². The van der Waals surface area contributed by atoms with Gasteiger partial charge in [0.05, 0.1) is 6.20 Å². The molecule has 0 aliphatic rings. The van der Waals surface area contributed by atoms with E-state index < -0.39 is 30.0 Å². The molecule has 0 spiro atoms. The van der Waals surface area contributed by atoms with E-state index in [1.807, 2.05) is 0 Å². The molecular formula is C12H15FN2O4. The van der Waals surface area contributed by atoms with Gasteiger partial charge in [-0.05, 0) is 32.9 Å². The second kappa shape index (κ2) is 5.64. The summed E-state index contributed by atoms with van der Waals surface area (Å²) in [5, 5.41) is 8.80. The van der Waals surface area contributed by atoms with Crippen molar-refractivity contribution in [3.8, 4) is 0 Å². The minimum atomic E-state index is -1.23. The number of aromatic nitrogens is 1. The highest BCUT2D eigenvalue weighted by Gasteiger charge is 2.26. The molecule has 0 aliphatic carbocycles. The number of nitrogens with zero attached hydrogens (tertiary/aromatic N) is 2. The van der Waals surface area contributed by atoms with Crippen LogP contribution in [0.4, 0.5) is 15.0 Å². The highest BCUT2D eigenvalue weighted by Crippen LogP contribution is 2.16. The topological polar surface area (TPSA) is 79.7 Å². The Labute approximate surface area is 109 Å². The van der Waals surface area contributed by atoms with Crippen molar-refractivity contribution in [1.82, 2.24) is 4.98 Å². The van der Waals surface area contributed by atoms with Crippen LogP contribution in [0.1, 0.15) is 20.8 Å². The van der Waals surface area contributed by atoms with Gasteiger partial charge in [-0.2, -0.15) is 0 Å². The summed E-state index contributed by atoms with van der Waals surface area (Å²) in [5.74, 6) is -1.79. The molecule has 0 atom stereocenters. The number of hydrogen-bond donors (Lipinski definition) is 1. The van der Waals surface area contributed by atoms with E-state index in [-0.39, 0.29) is 5.82 Å². The molecule has 0 fully saturated rings. The number of pyridine rings is 1. The summed E-state index contributed by atoms with van der Waals surface area (Å²) >= 11 is 0. The molecule has 0 radical (unpaired) electrons. The van der Waals surface area contributed by atoms with E-state index in [9.17, 15) is 14.0 Å². The van der Waals surface area contributed by atoms with Gasteiger partial charge in [-0.1, -0.05) is 0 Å². The lowest BCUT2D eigenvalue weighted by Crippen LogP contribution is -2.40. The monoisotopic (exact) mass is 270 g/mol. The molecule has 7 heteroatoms. The zero-order valence-electron chi connectivity index (χ0n) is 10.9. The number of carboxylic acid groups (broad SMARTS) is 1. The van der Waals surface area contributed by atoms with E-state index in [1.165, 1.54) is 6.07 Å². The zero-order chi connectivity index (χ0) is 14.6. The molecule has 104 valence electrons. The van der Waals surface area contributed by atoms with Crippen LogP contribution in [-0.4, -0.2) is 34.3 Å². The van der Waals surface area contributed by atoms with Crippen molar-refractivity contribution >= 4 is 17.9 Å². The van der Waals surface area contributed by atoms with Crippen LogP contribution in [0.5, 0.6) is 0 Å². The molecule has 1 heterocycles. The quantitative estimate of drug-likeness (QED) is 0.909. The predicted octanol–water partition coefficient (Wildman–Crippen LogP) is 2.05. The van der Waals surface area contributed by atoms with Gasteiger partial charge in [0.15, 0.2) is 0 Å². The number of amides is 1. The molecule has 19 heavy (non-hydrogen) atoms. The van der Waals surface area contributed by atoms with Crippen molar-refractivity contribution in [3.05, 3.63) is 24.1 Å². The Bertz CT molecular complexity index is 468. The summed E-state index contributed by atoms with van der Waals surface area (Å²) < 4.78 is 17.8. The lowest BCUT2D eigenvalue weighted by Gasteiger charge is -2.25. The average molecular weight is 270 g/mol. The third kappa shape index (κ3) is 4.90. The highest BCUT2D eigenvalue weighted by atomic mass is 19.1. The molecule has 1 aromatic rings. The average Bonchev–Trinajstić information content (AvgIpc) is 2.24. The van der Waals surface area contributed by atoms with Gasteiger partial charge in [-0.25, -0.2) is 14.2 Å². The van der Waals surface area contributed by atoms with Gasteiger partial charge < -0.3 is 9.84 Å². The fraction of sp³-hybridized carbons (Fsp3) is 0.417. The SMILES string of the molecule is CC(C)(C)OC(=O)N(CC(=O)O)c1ccc(F)cn1. The van der Waals surface area contributed by atoms with Crippen molar-refractivity contribution in [1.29, 1.82) is 0 Å². The first-order chi connectivity index (χ1) is 8.69. The molecule has 0 bridgehead atoms. The Morgan fingerprint density at radius 2 is 2.05 bits per heavy atom. The van der Waals surface area contributed by atoms with Crippen LogP contribution in [0.15, 0.2) is 18.3 Å². The van der Waals surface area contributed by atoms with Crippen molar-refractivity contribution < 1.29 is 23.8 Å². The van der Waals surface area contributed by atoms with Crippen LogP contribution in [-0.2, 0) is 9.53 Å². The van der Waals surface area contributed by atoms with Gasteiger partial charge in [0.2, 0.25) is 0 Å². The third-order valence-corrected chi connectivity index (χ3v) is 1.90. The molecule has 1 rings (SSSR count). The van der Waals surface area contributed by atoms with E-state index in [4.69, 9.17) is 9.84 Å². The standard InChI is InChI=1S/C12H15FN2O4/c1-12(2,3)19-11(18)15(7-10(16)17)9-5-4-8(13)6-14-9/h4-6H,7H2,1-3H3,(H,16,17). The molecule has 0 unspecified atom stereocenters. The first-order valence-electron chi connectivity index (χ1n) is 5.53. The molecule has 0 aromatic carbocycles. The van der Waals surface area contributed by atoms with Gasteiger partial charge in [0.1, 0.15) is 23.8 Å². The van der Waals surface area contributed by atoms with Crippen LogP contribution in [0.25, 0.3) is 0 Å². The van der Waals surface area contributed by atoms with Gasteiger partial charge in [-0.15, -0.1) is 0 Å². The zero-order valence-corrected chi connectivity index (χ0v) is 10.9. The number of carbonyl (C=O) groups is 2.